The summed E-state index contributed by atoms with van der Waals surface area (Å²) in [6, 6.07) is 5.85. The van der Waals surface area contributed by atoms with Crippen molar-refractivity contribution in [1.29, 1.82) is 0 Å². The molecular formula is C17H19N3O2. The summed E-state index contributed by atoms with van der Waals surface area (Å²) in [6.45, 7) is 3.13. The minimum atomic E-state index is 0.0266. The van der Waals surface area contributed by atoms with Gasteiger partial charge in [0.25, 0.3) is 5.91 Å². The zero-order chi connectivity index (χ0) is 15.5. The topological polar surface area (TPSA) is 55.3 Å². The highest BCUT2D eigenvalue weighted by Crippen LogP contribution is 2.24. The number of benzene rings is 1. The third kappa shape index (κ3) is 2.85. The second-order valence-corrected chi connectivity index (χ2v) is 5.60. The molecule has 0 fully saturated rings. The molecule has 1 aromatic carbocycles. The first-order valence-corrected chi connectivity index (χ1v) is 7.37. The van der Waals surface area contributed by atoms with E-state index in [1.165, 1.54) is 0 Å². The van der Waals surface area contributed by atoms with Crippen LogP contribution in [0, 0.1) is 0 Å². The van der Waals surface area contributed by atoms with Gasteiger partial charge >= 0.3 is 0 Å². The highest BCUT2D eigenvalue weighted by atomic mass is 16.5. The Morgan fingerprint density at radius 2 is 2.23 bits per heavy atom. The van der Waals surface area contributed by atoms with Crippen LogP contribution in [-0.4, -0.2) is 33.9 Å². The molecule has 2 aromatic rings. The number of hydrogen-bond donors (Lipinski definition) is 0. The van der Waals surface area contributed by atoms with Crippen LogP contribution in [0.1, 0.15) is 34.1 Å². The molecule has 0 radical (unpaired) electrons. The van der Waals surface area contributed by atoms with Crippen LogP contribution in [0.25, 0.3) is 0 Å². The number of fused-ring (bicyclic) bond motifs is 1. The van der Waals surface area contributed by atoms with Crippen molar-refractivity contribution in [2.75, 3.05) is 7.05 Å². The van der Waals surface area contributed by atoms with Crippen molar-refractivity contribution in [3.8, 4) is 0 Å². The summed E-state index contributed by atoms with van der Waals surface area (Å²) in [5.41, 5.74) is 3.76. The highest BCUT2D eigenvalue weighted by Gasteiger charge is 2.24. The molecule has 0 N–H and O–H groups in total. The van der Waals surface area contributed by atoms with E-state index in [0.717, 1.165) is 22.4 Å². The number of nitrogens with zero attached hydrogens (tertiary/aromatic N) is 3. The van der Waals surface area contributed by atoms with Gasteiger partial charge in [0.05, 0.1) is 18.9 Å². The Hall–Kier alpha value is -2.27. The Morgan fingerprint density at radius 1 is 1.36 bits per heavy atom. The number of carbonyl (C=O) groups is 1. The van der Waals surface area contributed by atoms with Crippen LogP contribution in [0.4, 0.5) is 0 Å². The van der Waals surface area contributed by atoms with Gasteiger partial charge in [-0.2, -0.15) is 0 Å². The van der Waals surface area contributed by atoms with Crippen LogP contribution >= 0.6 is 0 Å². The Balaban J connectivity index is 1.76. The van der Waals surface area contributed by atoms with Crippen LogP contribution in [0.3, 0.4) is 0 Å². The average Bonchev–Trinajstić information content (AvgIpc) is 3.03. The Bertz CT molecular complexity index is 673. The molecule has 114 valence electrons. The lowest BCUT2D eigenvalue weighted by atomic mass is 10.0. The second kappa shape index (κ2) is 6.23. The molecule has 2 heterocycles. The molecule has 0 spiro atoms. The highest BCUT2D eigenvalue weighted by molar-refractivity contribution is 5.96. The van der Waals surface area contributed by atoms with Gasteiger partial charge in [-0.25, -0.2) is 0 Å². The van der Waals surface area contributed by atoms with Crippen LogP contribution in [-0.2, 0) is 24.4 Å². The van der Waals surface area contributed by atoms with Crippen LogP contribution in [0.15, 0.2) is 36.8 Å². The lowest BCUT2D eigenvalue weighted by Gasteiger charge is -2.25. The zero-order valence-corrected chi connectivity index (χ0v) is 12.8. The first kappa shape index (κ1) is 14.7. The van der Waals surface area contributed by atoms with E-state index in [4.69, 9.17) is 4.74 Å². The first-order valence-electron chi connectivity index (χ1n) is 7.37. The maximum absolute atomic E-state index is 12.8. The molecule has 1 aliphatic heterocycles. The third-order valence-electron chi connectivity index (χ3n) is 4.11. The van der Waals surface area contributed by atoms with Crippen molar-refractivity contribution in [3.05, 3.63) is 59.2 Å². The molecule has 5 heteroatoms. The van der Waals surface area contributed by atoms with Gasteiger partial charge in [0.15, 0.2) is 0 Å². The molecule has 0 saturated carbocycles. The first-order chi connectivity index (χ1) is 10.7. The maximum Gasteiger partial charge on any atom is 0.254 e. The fourth-order valence-electron chi connectivity index (χ4n) is 2.67. The number of ether oxygens (including phenoxy) is 1. The smallest absolute Gasteiger partial charge is 0.254 e. The summed E-state index contributed by atoms with van der Waals surface area (Å²) in [6.07, 6.45) is 5.74. The van der Waals surface area contributed by atoms with Gasteiger partial charge in [0, 0.05) is 43.7 Å². The summed E-state index contributed by atoms with van der Waals surface area (Å²) in [4.78, 5) is 22.9. The van der Waals surface area contributed by atoms with Gasteiger partial charge in [-0.05, 0) is 24.1 Å². The SMILES string of the molecule is CC(Cc1cnccn1)N(C)C(=O)c1cccc2c1COC2. The fourth-order valence-corrected chi connectivity index (χ4v) is 2.67. The average molecular weight is 297 g/mol. The van der Waals surface area contributed by atoms with E-state index in [9.17, 15) is 4.79 Å². The van der Waals surface area contributed by atoms with Crippen LogP contribution in [0.5, 0.6) is 0 Å². The molecule has 0 bridgehead atoms. The predicted molar refractivity (Wildman–Crippen MR) is 82.2 cm³/mol. The maximum atomic E-state index is 12.8. The number of amides is 1. The van der Waals surface area contributed by atoms with E-state index in [1.54, 1.807) is 23.5 Å². The predicted octanol–water partition coefficient (Wildman–Crippen LogP) is 2.21. The van der Waals surface area contributed by atoms with Gasteiger partial charge in [0.2, 0.25) is 0 Å². The normalized spacial score (nSPS) is 14.5. The number of rotatable bonds is 4. The lowest BCUT2D eigenvalue weighted by molar-refractivity contribution is 0.0738. The van der Waals surface area contributed by atoms with Gasteiger partial charge in [-0.15, -0.1) is 0 Å². The third-order valence-corrected chi connectivity index (χ3v) is 4.11. The van der Waals surface area contributed by atoms with E-state index in [0.29, 0.717) is 19.6 Å². The van der Waals surface area contributed by atoms with E-state index >= 15 is 0 Å². The van der Waals surface area contributed by atoms with E-state index in [-0.39, 0.29) is 11.9 Å². The number of aromatic nitrogens is 2. The molecular weight excluding hydrogens is 278 g/mol. The van der Waals surface area contributed by atoms with Crippen LogP contribution < -0.4 is 0 Å². The molecule has 22 heavy (non-hydrogen) atoms. The number of hydrogen-bond acceptors (Lipinski definition) is 4. The van der Waals surface area contributed by atoms with E-state index in [1.807, 2.05) is 32.2 Å². The number of carbonyl (C=O) groups excluding carboxylic acids is 1. The van der Waals surface area contributed by atoms with E-state index < -0.39 is 0 Å². The van der Waals surface area contributed by atoms with E-state index in [2.05, 4.69) is 9.97 Å². The van der Waals surface area contributed by atoms with Crippen molar-refractivity contribution in [3.63, 3.8) is 0 Å². The monoisotopic (exact) mass is 297 g/mol. The minimum Gasteiger partial charge on any atom is -0.372 e. The molecule has 1 atom stereocenters. The molecule has 1 unspecified atom stereocenters. The Morgan fingerprint density at radius 3 is 3.00 bits per heavy atom. The number of likely N-dealkylation sites (N-methyl/N-ethyl adjacent to an activating group) is 1. The van der Waals surface area contributed by atoms with Gasteiger partial charge < -0.3 is 9.64 Å². The zero-order valence-electron chi connectivity index (χ0n) is 12.8. The Kier molecular flexibility index (Phi) is 4.15. The molecule has 3 rings (SSSR count). The van der Waals surface area contributed by atoms with Gasteiger partial charge in [-0.3, -0.25) is 14.8 Å². The largest absolute Gasteiger partial charge is 0.372 e. The molecule has 1 aliphatic rings. The molecule has 1 aromatic heterocycles. The summed E-state index contributed by atoms with van der Waals surface area (Å²) in [7, 11) is 1.83. The van der Waals surface area contributed by atoms with Gasteiger partial charge in [0.1, 0.15) is 0 Å². The van der Waals surface area contributed by atoms with Crippen LogP contribution in [0.2, 0.25) is 0 Å². The molecule has 0 aliphatic carbocycles. The summed E-state index contributed by atoms with van der Waals surface area (Å²) in [5, 5.41) is 0. The molecule has 5 nitrogen and oxygen atoms in total. The van der Waals surface area contributed by atoms with Gasteiger partial charge in [-0.1, -0.05) is 12.1 Å². The van der Waals surface area contributed by atoms with Crippen molar-refractivity contribution in [2.45, 2.75) is 32.6 Å². The summed E-state index contributed by atoms with van der Waals surface area (Å²) >= 11 is 0. The molecule has 0 saturated heterocycles. The second-order valence-electron chi connectivity index (χ2n) is 5.60. The fraction of sp³-hybridized carbons (Fsp3) is 0.353. The lowest BCUT2D eigenvalue weighted by Crippen LogP contribution is -2.37. The quantitative estimate of drug-likeness (QED) is 0.868. The summed E-state index contributed by atoms with van der Waals surface area (Å²) in [5.74, 6) is 0.0266. The molecule has 1 amide bonds. The van der Waals surface area contributed by atoms with Crippen molar-refractivity contribution >= 4 is 5.91 Å². The summed E-state index contributed by atoms with van der Waals surface area (Å²) < 4.78 is 5.45. The Labute approximate surface area is 130 Å². The van der Waals surface area contributed by atoms with Crippen molar-refractivity contribution in [1.82, 2.24) is 14.9 Å². The van der Waals surface area contributed by atoms with Crippen molar-refractivity contribution in [2.24, 2.45) is 0 Å². The standard InChI is InChI=1S/C17H19N3O2/c1-12(8-14-9-18-6-7-19-14)20(2)17(21)15-5-3-4-13-10-22-11-16(13)15/h3-7,9,12H,8,10-11H2,1-2H3. The van der Waals surface area contributed by atoms with Crippen molar-refractivity contribution < 1.29 is 9.53 Å². The minimum absolute atomic E-state index is 0.0266.